The highest BCUT2D eigenvalue weighted by atomic mass is 14.9. The number of nitrogens with one attached hydrogen (secondary N) is 1. The lowest BCUT2D eigenvalue weighted by atomic mass is 9.74. The molecule has 0 bridgehead atoms. The van der Waals surface area contributed by atoms with Crippen LogP contribution in [-0.4, -0.2) is 12.6 Å². The number of hydrogen-bond donors (Lipinski definition) is 1. The van der Waals surface area contributed by atoms with Crippen molar-refractivity contribution in [1.82, 2.24) is 5.32 Å². The van der Waals surface area contributed by atoms with Crippen molar-refractivity contribution in [3.05, 3.63) is 59.7 Å². The predicted octanol–water partition coefficient (Wildman–Crippen LogP) is 4.14. The maximum absolute atomic E-state index is 3.71. The molecule has 20 heavy (non-hydrogen) atoms. The van der Waals surface area contributed by atoms with Crippen LogP contribution in [0.15, 0.2) is 48.5 Å². The summed E-state index contributed by atoms with van der Waals surface area (Å²) in [5, 5.41) is 3.71. The smallest absolute Gasteiger partial charge is 0.0139 e. The molecule has 0 radical (unpaired) electrons. The van der Waals surface area contributed by atoms with Crippen molar-refractivity contribution in [1.29, 1.82) is 0 Å². The average Bonchev–Trinajstić information content (AvgIpc) is 2.55. The first-order chi connectivity index (χ1) is 9.92. The minimum Gasteiger partial charge on any atom is -0.313 e. The number of benzene rings is 2. The molecule has 1 nitrogen and oxygen atoms in total. The Labute approximate surface area is 121 Å². The molecule has 1 saturated heterocycles. The molecule has 1 aliphatic carbocycles. The van der Waals surface area contributed by atoms with E-state index < -0.39 is 0 Å². The lowest BCUT2D eigenvalue weighted by molar-refractivity contribution is 0.319. The number of aryl methyl sites for hydroxylation is 1. The Hall–Kier alpha value is -1.60. The van der Waals surface area contributed by atoms with E-state index in [1.807, 2.05) is 0 Å². The topological polar surface area (TPSA) is 12.0 Å². The van der Waals surface area contributed by atoms with E-state index in [0.29, 0.717) is 0 Å². The normalized spacial score (nSPS) is 24.8. The van der Waals surface area contributed by atoms with Crippen LogP contribution in [0.4, 0.5) is 0 Å². The summed E-state index contributed by atoms with van der Waals surface area (Å²) >= 11 is 0. The fraction of sp³-hybridized carbons (Fsp3) is 0.368. The summed E-state index contributed by atoms with van der Waals surface area (Å²) < 4.78 is 0. The lowest BCUT2D eigenvalue weighted by Gasteiger charge is -2.38. The SMILES string of the molecule is c1ccc(-c2ccc3c(c2)CC[C@@H]2NCCC[C@H]32)cc1. The summed E-state index contributed by atoms with van der Waals surface area (Å²) in [5.41, 5.74) is 5.88. The number of hydrogen-bond acceptors (Lipinski definition) is 1. The molecule has 1 fully saturated rings. The fourth-order valence-electron chi connectivity index (χ4n) is 3.93. The van der Waals surface area contributed by atoms with E-state index >= 15 is 0 Å². The molecule has 1 heteroatoms. The highest BCUT2D eigenvalue weighted by molar-refractivity contribution is 5.65. The predicted molar refractivity (Wildman–Crippen MR) is 84.0 cm³/mol. The van der Waals surface area contributed by atoms with Gasteiger partial charge in [-0.05, 0) is 60.4 Å². The second-order valence-corrected chi connectivity index (χ2v) is 6.13. The van der Waals surface area contributed by atoms with Crippen molar-refractivity contribution < 1.29 is 0 Å². The molecule has 0 saturated carbocycles. The summed E-state index contributed by atoms with van der Waals surface area (Å²) in [7, 11) is 0. The number of rotatable bonds is 1. The first kappa shape index (κ1) is 12.2. The van der Waals surface area contributed by atoms with Crippen molar-refractivity contribution in [2.75, 3.05) is 6.54 Å². The van der Waals surface area contributed by atoms with Gasteiger partial charge in [0, 0.05) is 6.04 Å². The highest BCUT2D eigenvalue weighted by Gasteiger charge is 2.31. The van der Waals surface area contributed by atoms with Crippen LogP contribution in [0, 0.1) is 0 Å². The molecule has 4 rings (SSSR count). The average molecular weight is 263 g/mol. The van der Waals surface area contributed by atoms with Gasteiger partial charge in [0.1, 0.15) is 0 Å². The van der Waals surface area contributed by atoms with Crippen molar-refractivity contribution in [3.8, 4) is 11.1 Å². The van der Waals surface area contributed by atoms with Crippen LogP contribution in [0.1, 0.15) is 36.3 Å². The molecule has 2 aromatic carbocycles. The summed E-state index contributed by atoms with van der Waals surface area (Å²) in [5.74, 6) is 0.748. The summed E-state index contributed by atoms with van der Waals surface area (Å²) in [6.45, 7) is 1.21. The molecular formula is C19H21N. The van der Waals surface area contributed by atoms with Crippen LogP contribution in [-0.2, 0) is 6.42 Å². The Balaban J connectivity index is 1.72. The van der Waals surface area contributed by atoms with Gasteiger partial charge in [0.05, 0.1) is 0 Å². The summed E-state index contributed by atoms with van der Waals surface area (Å²) in [6.07, 6.45) is 5.20. The van der Waals surface area contributed by atoms with E-state index in [1.165, 1.54) is 43.4 Å². The third-order valence-corrected chi connectivity index (χ3v) is 4.96. The van der Waals surface area contributed by atoms with E-state index in [0.717, 1.165) is 12.0 Å². The molecule has 0 amide bonds. The maximum Gasteiger partial charge on any atom is 0.0139 e. The number of piperidine rings is 1. The minimum atomic E-state index is 0.721. The van der Waals surface area contributed by atoms with E-state index in [4.69, 9.17) is 0 Å². The molecule has 0 aromatic heterocycles. The standard InChI is InChI=1S/C19H21N/c1-2-5-14(6-3-1)15-8-10-17-16(13-15)9-11-19-18(17)7-4-12-20-19/h1-3,5-6,8,10,13,18-20H,4,7,9,11-12H2/t18-,19+/m1/s1. The molecular weight excluding hydrogens is 242 g/mol. The molecule has 2 aliphatic rings. The first-order valence-electron chi connectivity index (χ1n) is 7.83. The molecule has 1 heterocycles. The lowest BCUT2D eigenvalue weighted by Crippen LogP contribution is -2.42. The van der Waals surface area contributed by atoms with Gasteiger partial charge < -0.3 is 5.32 Å². The van der Waals surface area contributed by atoms with Gasteiger partial charge in [-0.2, -0.15) is 0 Å². The molecule has 1 aliphatic heterocycles. The zero-order valence-corrected chi connectivity index (χ0v) is 11.8. The van der Waals surface area contributed by atoms with Gasteiger partial charge in [0.15, 0.2) is 0 Å². The van der Waals surface area contributed by atoms with Crippen LogP contribution >= 0.6 is 0 Å². The molecule has 0 unspecified atom stereocenters. The first-order valence-corrected chi connectivity index (χ1v) is 7.83. The Bertz CT molecular complexity index is 602. The van der Waals surface area contributed by atoms with Gasteiger partial charge in [-0.15, -0.1) is 0 Å². The quantitative estimate of drug-likeness (QED) is 0.815. The monoisotopic (exact) mass is 263 g/mol. The van der Waals surface area contributed by atoms with Crippen LogP contribution in [0.25, 0.3) is 11.1 Å². The summed E-state index contributed by atoms with van der Waals surface area (Å²) in [4.78, 5) is 0. The Morgan fingerprint density at radius 1 is 0.900 bits per heavy atom. The highest BCUT2D eigenvalue weighted by Crippen LogP contribution is 2.38. The van der Waals surface area contributed by atoms with Crippen LogP contribution in [0.5, 0.6) is 0 Å². The zero-order chi connectivity index (χ0) is 13.4. The van der Waals surface area contributed by atoms with E-state index in [1.54, 1.807) is 11.1 Å². The molecule has 102 valence electrons. The van der Waals surface area contributed by atoms with Crippen LogP contribution in [0.3, 0.4) is 0 Å². The Kier molecular flexibility index (Phi) is 3.08. The third-order valence-electron chi connectivity index (χ3n) is 4.96. The van der Waals surface area contributed by atoms with E-state index in [9.17, 15) is 0 Å². The van der Waals surface area contributed by atoms with Gasteiger partial charge >= 0.3 is 0 Å². The van der Waals surface area contributed by atoms with Gasteiger partial charge in [0.2, 0.25) is 0 Å². The minimum absolute atomic E-state index is 0.721. The van der Waals surface area contributed by atoms with Gasteiger partial charge in [-0.3, -0.25) is 0 Å². The van der Waals surface area contributed by atoms with E-state index in [2.05, 4.69) is 53.8 Å². The largest absolute Gasteiger partial charge is 0.313 e. The van der Waals surface area contributed by atoms with Gasteiger partial charge in [0.25, 0.3) is 0 Å². The second kappa shape index (κ2) is 5.06. The Morgan fingerprint density at radius 2 is 1.80 bits per heavy atom. The molecule has 1 N–H and O–H groups in total. The maximum atomic E-state index is 3.71. The second-order valence-electron chi connectivity index (χ2n) is 6.13. The third kappa shape index (κ3) is 2.06. The molecule has 2 aromatic rings. The van der Waals surface area contributed by atoms with Crippen molar-refractivity contribution in [3.63, 3.8) is 0 Å². The van der Waals surface area contributed by atoms with E-state index in [-0.39, 0.29) is 0 Å². The van der Waals surface area contributed by atoms with Gasteiger partial charge in [-0.1, -0.05) is 48.5 Å². The summed E-state index contributed by atoms with van der Waals surface area (Å²) in [6, 6.07) is 18.6. The van der Waals surface area contributed by atoms with Crippen LogP contribution < -0.4 is 5.32 Å². The Morgan fingerprint density at radius 3 is 2.70 bits per heavy atom. The zero-order valence-electron chi connectivity index (χ0n) is 11.8. The molecule has 2 atom stereocenters. The van der Waals surface area contributed by atoms with Crippen molar-refractivity contribution in [2.45, 2.75) is 37.6 Å². The number of fused-ring (bicyclic) bond motifs is 3. The van der Waals surface area contributed by atoms with Gasteiger partial charge in [-0.25, -0.2) is 0 Å². The van der Waals surface area contributed by atoms with Crippen molar-refractivity contribution >= 4 is 0 Å². The van der Waals surface area contributed by atoms with Crippen molar-refractivity contribution in [2.24, 2.45) is 0 Å². The van der Waals surface area contributed by atoms with Crippen LogP contribution in [0.2, 0.25) is 0 Å². The molecule has 0 spiro atoms. The fourth-order valence-corrected chi connectivity index (χ4v) is 3.93.